The van der Waals surface area contributed by atoms with Gasteiger partial charge in [0.05, 0.1) is 30.2 Å². The molecule has 0 saturated carbocycles. The number of anilines is 3. The molecule has 0 unspecified atom stereocenters. The number of carbonyl (C=O) groups excluding carboxylic acids is 1. The highest BCUT2D eigenvalue weighted by molar-refractivity contribution is 6.16. The fourth-order valence-electron chi connectivity index (χ4n) is 5.85. The number of nitrogens with zero attached hydrogens (tertiary/aromatic N) is 5. The van der Waals surface area contributed by atoms with Crippen LogP contribution in [0.5, 0.6) is 0 Å². The normalized spacial score (nSPS) is 19.1. The molecule has 1 N–H and O–H groups in total. The monoisotopic (exact) mass is 548 g/mol. The zero-order valence-electron chi connectivity index (χ0n) is 22.8. The van der Waals surface area contributed by atoms with Crippen molar-refractivity contribution in [2.75, 3.05) is 54.5 Å². The molecule has 4 aromatic rings. The molecular formula is C32H32N6O3. The van der Waals surface area contributed by atoms with Gasteiger partial charge in [0, 0.05) is 49.4 Å². The Kier molecular flexibility index (Phi) is 6.94. The Morgan fingerprint density at radius 3 is 2.41 bits per heavy atom. The Balaban J connectivity index is 1.21. The topological polar surface area (TPSA) is 96.1 Å². The molecule has 0 aliphatic carbocycles. The molecule has 3 aliphatic heterocycles. The molecule has 4 heterocycles. The van der Waals surface area contributed by atoms with E-state index in [0.29, 0.717) is 19.1 Å². The summed E-state index contributed by atoms with van der Waals surface area (Å²) in [4.78, 5) is 23.0. The Morgan fingerprint density at radius 2 is 1.59 bits per heavy atom. The molecule has 0 amide bonds. The van der Waals surface area contributed by atoms with E-state index in [1.54, 1.807) is 0 Å². The van der Waals surface area contributed by atoms with Crippen LogP contribution in [0, 0.1) is 0 Å². The molecule has 1 atom stereocenters. The first-order valence-electron chi connectivity index (χ1n) is 14.3. The molecule has 9 nitrogen and oxygen atoms in total. The van der Waals surface area contributed by atoms with Gasteiger partial charge in [-0.05, 0) is 36.6 Å². The van der Waals surface area contributed by atoms with Crippen molar-refractivity contribution in [1.29, 1.82) is 0 Å². The van der Waals surface area contributed by atoms with Gasteiger partial charge in [0.1, 0.15) is 0 Å². The molecule has 41 heavy (non-hydrogen) atoms. The number of hydrogen-bond donors (Lipinski definition) is 1. The van der Waals surface area contributed by atoms with Crippen molar-refractivity contribution in [3.63, 3.8) is 0 Å². The minimum Gasteiger partial charge on any atom is -0.403 e. The SMILES string of the molecule is O=C1Cc2ccccc2C(c2ccccc2)=N[C@@H]1Nc1nnc(-c2ccc(N3CCCC3)cc2N2CCOCC2)o1. The van der Waals surface area contributed by atoms with Crippen molar-refractivity contribution in [2.24, 2.45) is 4.99 Å². The van der Waals surface area contributed by atoms with Crippen LogP contribution in [0.4, 0.5) is 17.4 Å². The number of aliphatic imine (C=N–C) groups is 1. The van der Waals surface area contributed by atoms with Gasteiger partial charge in [0.2, 0.25) is 0 Å². The molecule has 0 radical (unpaired) electrons. The fraction of sp³-hybridized carbons (Fsp3) is 0.312. The van der Waals surface area contributed by atoms with Crippen LogP contribution in [0.25, 0.3) is 11.5 Å². The van der Waals surface area contributed by atoms with E-state index in [9.17, 15) is 4.79 Å². The third-order valence-corrected chi connectivity index (χ3v) is 7.97. The molecule has 2 fully saturated rings. The Labute approximate surface area is 238 Å². The number of aromatic nitrogens is 2. The molecule has 2 saturated heterocycles. The second kappa shape index (κ2) is 11.2. The zero-order chi connectivity index (χ0) is 27.6. The second-order valence-electron chi connectivity index (χ2n) is 10.6. The summed E-state index contributed by atoms with van der Waals surface area (Å²) in [5.41, 5.74) is 6.73. The summed E-state index contributed by atoms with van der Waals surface area (Å²) in [6.07, 6.45) is 1.83. The molecule has 3 aliphatic rings. The van der Waals surface area contributed by atoms with Crippen LogP contribution >= 0.6 is 0 Å². The number of hydrogen-bond acceptors (Lipinski definition) is 9. The van der Waals surface area contributed by atoms with Gasteiger partial charge >= 0.3 is 6.01 Å². The minimum absolute atomic E-state index is 0.0629. The van der Waals surface area contributed by atoms with E-state index in [0.717, 1.165) is 59.8 Å². The van der Waals surface area contributed by atoms with Crippen molar-refractivity contribution >= 4 is 28.9 Å². The van der Waals surface area contributed by atoms with E-state index in [2.05, 4.69) is 43.5 Å². The van der Waals surface area contributed by atoms with Gasteiger partial charge < -0.3 is 24.3 Å². The van der Waals surface area contributed by atoms with Crippen LogP contribution in [-0.2, 0) is 16.0 Å². The standard InChI is InChI=1S/C32H32N6O3/c39-28-20-23-10-4-5-11-25(23)29(22-8-2-1-3-9-22)33-30(28)34-32-36-35-31(41-32)26-13-12-24(37-14-6-7-15-37)21-27(26)38-16-18-40-19-17-38/h1-5,8-13,21,30H,6-7,14-20H2,(H,34,36)/t30-/m1/s1. The number of Topliss-reactive ketones (excluding diaryl/α,β-unsaturated/α-hetero) is 1. The molecule has 0 bridgehead atoms. The van der Waals surface area contributed by atoms with Gasteiger partial charge in [-0.15, -0.1) is 5.10 Å². The average Bonchev–Trinajstić information content (AvgIpc) is 3.71. The van der Waals surface area contributed by atoms with Crippen LogP contribution in [-0.4, -0.2) is 67.3 Å². The van der Waals surface area contributed by atoms with Gasteiger partial charge in [0.15, 0.2) is 11.9 Å². The number of fused-ring (bicyclic) bond motifs is 1. The molecule has 208 valence electrons. The highest BCUT2D eigenvalue weighted by Gasteiger charge is 2.28. The largest absolute Gasteiger partial charge is 0.403 e. The first-order chi connectivity index (χ1) is 20.2. The van der Waals surface area contributed by atoms with Crippen LogP contribution < -0.4 is 15.1 Å². The summed E-state index contributed by atoms with van der Waals surface area (Å²) in [6, 6.07) is 24.4. The summed E-state index contributed by atoms with van der Waals surface area (Å²) in [7, 11) is 0. The van der Waals surface area contributed by atoms with Crippen molar-refractivity contribution < 1.29 is 13.9 Å². The van der Waals surface area contributed by atoms with Crippen molar-refractivity contribution in [1.82, 2.24) is 10.2 Å². The van der Waals surface area contributed by atoms with Gasteiger partial charge in [-0.2, -0.15) is 0 Å². The lowest BCUT2D eigenvalue weighted by molar-refractivity contribution is -0.119. The van der Waals surface area contributed by atoms with Crippen LogP contribution in [0.1, 0.15) is 29.5 Å². The first kappa shape index (κ1) is 25.5. The minimum atomic E-state index is -0.859. The van der Waals surface area contributed by atoms with Crippen molar-refractivity contribution in [3.05, 3.63) is 89.5 Å². The second-order valence-corrected chi connectivity index (χ2v) is 10.6. The lowest BCUT2D eigenvalue weighted by Gasteiger charge is -2.31. The van der Waals surface area contributed by atoms with E-state index in [1.165, 1.54) is 18.5 Å². The number of ether oxygens (including phenoxy) is 1. The van der Waals surface area contributed by atoms with Crippen LogP contribution in [0.15, 0.2) is 82.2 Å². The number of carbonyl (C=O) groups is 1. The Bertz CT molecular complexity index is 1570. The maximum absolute atomic E-state index is 13.4. The van der Waals surface area contributed by atoms with Gasteiger partial charge in [-0.3, -0.25) is 9.79 Å². The molecule has 7 rings (SSSR count). The predicted molar refractivity (Wildman–Crippen MR) is 159 cm³/mol. The van der Waals surface area contributed by atoms with E-state index in [-0.39, 0.29) is 18.2 Å². The number of rotatable bonds is 6. The molecule has 0 spiro atoms. The number of ketones is 1. The molecular weight excluding hydrogens is 516 g/mol. The molecule has 1 aromatic heterocycles. The summed E-state index contributed by atoms with van der Waals surface area (Å²) >= 11 is 0. The predicted octanol–water partition coefficient (Wildman–Crippen LogP) is 4.57. The quantitative estimate of drug-likeness (QED) is 0.374. The maximum atomic E-state index is 13.4. The Hall–Kier alpha value is -4.50. The summed E-state index contributed by atoms with van der Waals surface area (Å²) in [6.45, 7) is 5.09. The summed E-state index contributed by atoms with van der Waals surface area (Å²) < 4.78 is 11.8. The third kappa shape index (κ3) is 5.20. The first-order valence-corrected chi connectivity index (χ1v) is 14.3. The van der Waals surface area contributed by atoms with Gasteiger partial charge in [-0.1, -0.05) is 59.7 Å². The van der Waals surface area contributed by atoms with Crippen molar-refractivity contribution in [3.8, 4) is 11.5 Å². The maximum Gasteiger partial charge on any atom is 0.317 e. The van der Waals surface area contributed by atoms with E-state index < -0.39 is 6.17 Å². The van der Waals surface area contributed by atoms with Crippen LogP contribution in [0.3, 0.4) is 0 Å². The van der Waals surface area contributed by atoms with Gasteiger partial charge in [0.25, 0.3) is 5.89 Å². The smallest absolute Gasteiger partial charge is 0.317 e. The highest BCUT2D eigenvalue weighted by atomic mass is 16.5. The Morgan fingerprint density at radius 1 is 0.805 bits per heavy atom. The van der Waals surface area contributed by atoms with E-state index in [1.807, 2.05) is 54.6 Å². The lowest BCUT2D eigenvalue weighted by atomic mass is 9.96. The van der Waals surface area contributed by atoms with E-state index >= 15 is 0 Å². The molecule has 3 aromatic carbocycles. The third-order valence-electron chi connectivity index (χ3n) is 7.97. The average molecular weight is 549 g/mol. The van der Waals surface area contributed by atoms with Gasteiger partial charge in [-0.25, -0.2) is 0 Å². The lowest BCUT2D eigenvalue weighted by Crippen LogP contribution is -2.36. The van der Waals surface area contributed by atoms with Crippen molar-refractivity contribution in [2.45, 2.75) is 25.4 Å². The van der Waals surface area contributed by atoms with Crippen LogP contribution in [0.2, 0.25) is 0 Å². The summed E-state index contributed by atoms with van der Waals surface area (Å²) in [5.74, 6) is 0.339. The highest BCUT2D eigenvalue weighted by Crippen LogP contribution is 2.36. The zero-order valence-corrected chi connectivity index (χ0v) is 22.8. The number of benzene rings is 3. The van der Waals surface area contributed by atoms with E-state index in [4.69, 9.17) is 14.1 Å². The number of nitrogens with one attached hydrogen (secondary N) is 1. The number of morpholine rings is 1. The molecule has 9 heteroatoms. The fourth-order valence-corrected chi connectivity index (χ4v) is 5.85. The summed E-state index contributed by atoms with van der Waals surface area (Å²) in [5, 5.41) is 11.8.